The average molecular weight is 232 g/mol. The minimum Gasteiger partial charge on any atom is -0.504 e. The molecule has 3 rings (SSSR count). The van der Waals surface area contributed by atoms with Crippen LogP contribution < -0.4 is 10.6 Å². The lowest BCUT2D eigenvalue weighted by molar-refractivity contribution is 0.390. The fourth-order valence-corrected chi connectivity index (χ4v) is 2.30. The van der Waals surface area contributed by atoms with Gasteiger partial charge in [0.1, 0.15) is 5.76 Å². The number of hydrogen-bond acceptors (Lipinski definition) is 4. The summed E-state index contributed by atoms with van der Waals surface area (Å²) in [6.45, 7) is 2.98. The van der Waals surface area contributed by atoms with E-state index in [4.69, 9.17) is 4.42 Å². The van der Waals surface area contributed by atoms with E-state index in [1.54, 1.807) is 6.07 Å². The number of hydrogen-bond donors (Lipinski definition) is 3. The van der Waals surface area contributed by atoms with Gasteiger partial charge in [-0.3, -0.25) is 0 Å². The highest BCUT2D eigenvalue weighted by Gasteiger charge is 2.15. The minimum absolute atomic E-state index is 0.212. The number of phenols is 1. The first kappa shape index (κ1) is 10.6. The van der Waals surface area contributed by atoms with Gasteiger partial charge in [0.15, 0.2) is 11.3 Å². The van der Waals surface area contributed by atoms with Crippen LogP contribution in [0, 0.1) is 0 Å². The van der Waals surface area contributed by atoms with Gasteiger partial charge in [-0.1, -0.05) is 12.1 Å². The van der Waals surface area contributed by atoms with Gasteiger partial charge in [0, 0.05) is 37.5 Å². The lowest BCUT2D eigenvalue weighted by Crippen LogP contribution is -2.49. The van der Waals surface area contributed by atoms with Crippen molar-refractivity contribution in [1.82, 2.24) is 10.6 Å². The zero-order chi connectivity index (χ0) is 11.7. The number of fused-ring (bicyclic) bond motifs is 1. The minimum atomic E-state index is 0.212. The fraction of sp³-hybridized carbons (Fsp3) is 0.385. The molecule has 1 aromatic heterocycles. The maximum absolute atomic E-state index is 9.67. The molecule has 4 heteroatoms. The van der Waals surface area contributed by atoms with Crippen molar-refractivity contribution in [2.75, 3.05) is 19.6 Å². The number of nitrogens with one attached hydrogen (secondary N) is 2. The lowest BCUT2D eigenvalue weighted by Gasteiger charge is -2.23. The van der Waals surface area contributed by atoms with Crippen molar-refractivity contribution in [2.45, 2.75) is 12.5 Å². The summed E-state index contributed by atoms with van der Waals surface area (Å²) in [5.41, 5.74) is 0.589. The molecule has 3 N–H and O–H groups in total. The average Bonchev–Trinajstić information content (AvgIpc) is 2.74. The summed E-state index contributed by atoms with van der Waals surface area (Å²) in [6, 6.07) is 7.85. The van der Waals surface area contributed by atoms with E-state index in [1.165, 1.54) is 0 Å². The second kappa shape index (κ2) is 4.39. The Morgan fingerprint density at radius 1 is 1.35 bits per heavy atom. The smallest absolute Gasteiger partial charge is 0.175 e. The predicted octanol–water partition coefficient (Wildman–Crippen LogP) is 1.24. The first-order chi connectivity index (χ1) is 8.33. The van der Waals surface area contributed by atoms with Gasteiger partial charge in [-0.2, -0.15) is 0 Å². The Morgan fingerprint density at radius 2 is 2.29 bits per heavy atom. The number of furan rings is 1. The van der Waals surface area contributed by atoms with Gasteiger partial charge >= 0.3 is 0 Å². The van der Waals surface area contributed by atoms with Crippen LogP contribution in [0.25, 0.3) is 11.0 Å². The standard InChI is InChI=1S/C13H16N2O2/c16-12-3-1-2-9-6-11(17-13(9)12)7-10-8-14-4-5-15-10/h1-3,6,10,14-16H,4-5,7-8H2. The SMILES string of the molecule is Oc1cccc2cc(CC3CNCCN3)oc12. The molecule has 4 nitrogen and oxygen atoms in total. The lowest BCUT2D eigenvalue weighted by atomic mass is 10.1. The van der Waals surface area contributed by atoms with Crippen LogP contribution in [0.5, 0.6) is 5.75 Å². The van der Waals surface area contributed by atoms with E-state index < -0.39 is 0 Å². The molecule has 0 saturated carbocycles. The highest BCUT2D eigenvalue weighted by atomic mass is 16.4. The van der Waals surface area contributed by atoms with Gasteiger partial charge in [-0.05, 0) is 12.1 Å². The van der Waals surface area contributed by atoms with Gasteiger partial charge in [0.25, 0.3) is 0 Å². The highest BCUT2D eigenvalue weighted by molar-refractivity contribution is 5.83. The number of para-hydroxylation sites is 1. The summed E-state index contributed by atoms with van der Waals surface area (Å²) in [5, 5.41) is 17.4. The molecule has 1 fully saturated rings. The van der Waals surface area contributed by atoms with Gasteiger partial charge in [0.2, 0.25) is 0 Å². The molecule has 0 aliphatic carbocycles. The third kappa shape index (κ3) is 2.14. The summed E-state index contributed by atoms with van der Waals surface area (Å²) >= 11 is 0. The van der Waals surface area contributed by atoms with E-state index in [0.29, 0.717) is 11.6 Å². The van der Waals surface area contributed by atoms with Gasteiger partial charge in [-0.25, -0.2) is 0 Å². The first-order valence-electron chi connectivity index (χ1n) is 5.97. The van der Waals surface area contributed by atoms with E-state index in [1.807, 2.05) is 18.2 Å². The maximum atomic E-state index is 9.67. The summed E-state index contributed by atoms with van der Waals surface area (Å²) in [6.07, 6.45) is 0.848. The van der Waals surface area contributed by atoms with Crippen molar-refractivity contribution in [3.63, 3.8) is 0 Å². The Bertz CT molecular complexity index is 515. The summed E-state index contributed by atoms with van der Waals surface area (Å²) in [7, 11) is 0. The molecule has 1 aliphatic heterocycles. The number of benzene rings is 1. The predicted molar refractivity (Wildman–Crippen MR) is 66.2 cm³/mol. The van der Waals surface area contributed by atoms with Crippen LogP contribution >= 0.6 is 0 Å². The number of rotatable bonds is 2. The summed E-state index contributed by atoms with van der Waals surface area (Å²) in [5.74, 6) is 1.13. The van der Waals surface area contributed by atoms with E-state index in [-0.39, 0.29) is 5.75 Å². The molecule has 2 heterocycles. The Kier molecular flexibility index (Phi) is 2.74. The summed E-state index contributed by atoms with van der Waals surface area (Å²) in [4.78, 5) is 0. The van der Waals surface area contributed by atoms with Crippen LogP contribution in [0.3, 0.4) is 0 Å². The van der Waals surface area contributed by atoms with Crippen molar-refractivity contribution in [3.8, 4) is 5.75 Å². The highest BCUT2D eigenvalue weighted by Crippen LogP contribution is 2.27. The quantitative estimate of drug-likeness (QED) is 0.729. The Balaban J connectivity index is 1.83. The summed E-state index contributed by atoms with van der Waals surface area (Å²) < 4.78 is 5.68. The van der Waals surface area contributed by atoms with Gasteiger partial charge in [-0.15, -0.1) is 0 Å². The van der Waals surface area contributed by atoms with Crippen LogP contribution in [-0.4, -0.2) is 30.8 Å². The van der Waals surface area contributed by atoms with Crippen molar-refractivity contribution in [1.29, 1.82) is 0 Å². The van der Waals surface area contributed by atoms with Crippen LogP contribution in [0.4, 0.5) is 0 Å². The molecule has 0 bridgehead atoms. The normalized spacial score (nSPS) is 20.8. The number of piperazine rings is 1. The molecule has 17 heavy (non-hydrogen) atoms. The molecule has 1 aliphatic rings. The molecule has 0 amide bonds. The molecule has 1 aromatic carbocycles. The first-order valence-corrected chi connectivity index (χ1v) is 5.97. The number of aromatic hydroxyl groups is 1. The molecular weight excluding hydrogens is 216 g/mol. The van der Waals surface area contributed by atoms with E-state index in [2.05, 4.69) is 10.6 Å². The molecule has 0 spiro atoms. The van der Waals surface area contributed by atoms with E-state index >= 15 is 0 Å². The molecule has 90 valence electrons. The van der Waals surface area contributed by atoms with Crippen LogP contribution in [0.15, 0.2) is 28.7 Å². The maximum Gasteiger partial charge on any atom is 0.175 e. The zero-order valence-electron chi connectivity index (χ0n) is 9.57. The van der Waals surface area contributed by atoms with Gasteiger partial charge < -0.3 is 20.2 Å². The topological polar surface area (TPSA) is 57.4 Å². The van der Waals surface area contributed by atoms with E-state index in [9.17, 15) is 5.11 Å². The van der Waals surface area contributed by atoms with Crippen LogP contribution in [0.2, 0.25) is 0 Å². The monoisotopic (exact) mass is 232 g/mol. The Morgan fingerprint density at radius 3 is 3.06 bits per heavy atom. The van der Waals surface area contributed by atoms with Gasteiger partial charge in [0.05, 0.1) is 0 Å². The second-order valence-electron chi connectivity index (χ2n) is 4.47. The molecule has 0 radical (unpaired) electrons. The molecular formula is C13H16N2O2. The molecule has 1 atom stereocenters. The van der Waals surface area contributed by atoms with Crippen molar-refractivity contribution < 1.29 is 9.52 Å². The van der Waals surface area contributed by atoms with Crippen molar-refractivity contribution in [2.24, 2.45) is 0 Å². The third-order valence-electron chi connectivity index (χ3n) is 3.15. The molecule has 2 aromatic rings. The largest absolute Gasteiger partial charge is 0.504 e. The number of phenolic OH excluding ortho intramolecular Hbond substituents is 1. The fourth-order valence-electron chi connectivity index (χ4n) is 2.30. The second-order valence-corrected chi connectivity index (χ2v) is 4.47. The van der Waals surface area contributed by atoms with E-state index in [0.717, 1.165) is 37.2 Å². The molecule has 1 unspecified atom stereocenters. The van der Waals surface area contributed by atoms with Crippen LogP contribution in [0.1, 0.15) is 5.76 Å². The molecule has 1 saturated heterocycles. The van der Waals surface area contributed by atoms with Crippen molar-refractivity contribution >= 4 is 11.0 Å². The van der Waals surface area contributed by atoms with Crippen LogP contribution in [-0.2, 0) is 6.42 Å². The Labute approximate surface area is 99.6 Å². The Hall–Kier alpha value is -1.52. The van der Waals surface area contributed by atoms with Crippen molar-refractivity contribution in [3.05, 3.63) is 30.0 Å². The zero-order valence-corrected chi connectivity index (χ0v) is 9.57. The third-order valence-corrected chi connectivity index (χ3v) is 3.15.